The number of nitrogens with zero attached hydrogens (tertiary/aromatic N) is 3. The number of aromatic nitrogens is 2. The van der Waals surface area contributed by atoms with Gasteiger partial charge in [-0.1, -0.05) is 24.3 Å². The molecule has 164 valence electrons. The number of hydrogen-bond donors (Lipinski definition) is 1. The van der Waals surface area contributed by atoms with Gasteiger partial charge in [-0.05, 0) is 47.8 Å². The van der Waals surface area contributed by atoms with E-state index in [1.165, 1.54) is 35.6 Å². The highest BCUT2D eigenvalue weighted by Crippen LogP contribution is 2.15. The Morgan fingerprint density at radius 3 is 2.50 bits per heavy atom. The maximum atomic E-state index is 12.8. The molecule has 2 aromatic carbocycles. The fourth-order valence-corrected chi connectivity index (χ4v) is 4.91. The highest BCUT2D eigenvalue weighted by molar-refractivity contribution is 7.89. The largest absolute Gasteiger partial charge is 0.337 e. The van der Waals surface area contributed by atoms with Gasteiger partial charge in [-0.25, -0.2) is 17.8 Å². The van der Waals surface area contributed by atoms with Crippen molar-refractivity contribution in [3.63, 3.8) is 0 Å². The molecule has 2 aromatic heterocycles. The maximum Gasteiger partial charge on any atom is 0.253 e. The van der Waals surface area contributed by atoms with Crippen LogP contribution in [0.5, 0.6) is 0 Å². The second kappa shape index (κ2) is 9.47. The second-order valence-corrected chi connectivity index (χ2v) is 10.0. The number of benzene rings is 2. The zero-order valence-electron chi connectivity index (χ0n) is 17.4. The molecule has 0 atom stereocenters. The first-order chi connectivity index (χ1) is 15.4. The summed E-state index contributed by atoms with van der Waals surface area (Å²) in [7, 11) is -1.95. The standard InChI is InChI=1S/C23H22N4O3S2/c1-26(16-18-14-24-27(17-18)20-6-3-2-4-7-20)23(28)19-9-11-22(12-10-19)32(29,30)25-15-21-8-5-13-31-21/h2-14,17,25H,15-16H2,1H3. The summed E-state index contributed by atoms with van der Waals surface area (Å²) in [5.41, 5.74) is 2.25. The highest BCUT2D eigenvalue weighted by atomic mass is 32.2. The Labute approximate surface area is 191 Å². The lowest BCUT2D eigenvalue weighted by Crippen LogP contribution is -2.26. The van der Waals surface area contributed by atoms with E-state index in [9.17, 15) is 13.2 Å². The number of amides is 1. The fourth-order valence-electron chi connectivity index (χ4n) is 3.17. The average Bonchev–Trinajstić information content (AvgIpc) is 3.50. The average molecular weight is 467 g/mol. The summed E-state index contributed by atoms with van der Waals surface area (Å²) in [4.78, 5) is 15.4. The molecule has 1 N–H and O–H groups in total. The third-order valence-electron chi connectivity index (χ3n) is 4.85. The first kappa shape index (κ1) is 21.9. The van der Waals surface area contributed by atoms with E-state index >= 15 is 0 Å². The smallest absolute Gasteiger partial charge is 0.253 e. The van der Waals surface area contributed by atoms with Crippen LogP contribution in [0.15, 0.2) is 89.4 Å². The highest BCUT2D eigenvalue weighted by Gasteiger charge is 2.17. The van der Waals surface area contributed by atoms with Gasteiger partial charge in [-0.3, -0.25) is 4.79 Å². The summed E-state index contributed by atoms with van der Waals surface area (Å²) >= 11 is 1.49. The Kier molecular flexibility index (Phi) is 6.50. The lowest BCUT2D eigenvalue weighted by atomic mass is 10.2. The van der Waals surface area contributed by atoms with Crippen LogP contribution in [0.2, 0.25) is 0 Å². The number of hydrogen-bond acceptors (Lipinski definition) is 5. The van der Waals surface area contributed by atoms with Crippen LogP contribution in [0.25, 0.3) is 5.69 Å². The van der Waals surface area contributed by atoms with Crippen LogP contribution in [0.4, 0.5) is 0 Å². The molecule has 0 radical (unpaired) electrons. The van der Waals surface area contributed by atoms with E-state index in [-0.39, 0.29) is 17.3 Å². The van der Waals surface area contributed by atoms with E-state index in [1.54, 1.807) is 22.8 Å². The van der Waals surface area contributed by atoms with E-state index < -0.39 is 10.0 Å². The topological polar surface area (TPSA) is 84.3 Å². The molecular formula is C23H22N4O3S2. The molecule has 7 nitrogen and oxygen atoms in total. The number of carbonyl (C=O) groups is 1. The van der Waals surface area contributed by atoms with E-state index in [0.717, 1.165) is 16.1 Å². The van der Waals surface area contributed by atoms with Gasteiger partial charge in [0.15, 0.2) is 0 Å². The molecule has 0 aliphatic carbocycles. The van der Waals surface area contributed by atoms with Gasteiger partial charge in [0.2, 0.25) is 10.0 Å². The Morgan fingerprint density at radius 2 is 1.81 bits per heavy atom. The van der Waals surface area contributed by atoms with Crippen molar-refractivity contribution in [1.29, 1.82) is 0 Å². The normalized spacial score (nSPS) is 11.4. The summed E-state index contributed by atoms with van der Waals surface area (Å²) in [6.07, 6.45) is 3.61. The zero-order valence-corrected chi connectivity index (χ0v) is 19.0. The molecule has 0 bridgehead atoms. The van der Waals surface area contributed by atoms with Crippen LogP contribution >= 0.6 is 11.3 Å². The van der Waals surface area contributed by atoms with Gasteiger partial charge in [0, 0.05) is 42.3 Å². The summed E-state index contributed by atoms with van der Waals surface area (Å²) in [5.74, 6) is -0.201. The quantitative estimate of drug-likeness (QED) is 0.429. The second-order valence-electron chi connectivity index (χ2n) is 7.22. The first-order valence-corrected chi connectivity index (χ1v) is 12.3. The predicted octanol–water partition coefficient (Wildman–Crippen LogP) is 3.68. The third-order valence-corrected chi connectivity index (χ3v) is 7.14. The van der Waals surface area contributed by atoms with Crippen LogP contribution in [-0.2, 0) is 23.1 Å². The molecule has 1 amide bonds. The Balaban J connectivity index is 1.39. The van der Waals surface area contributed by atoms with Crippen LogP contribution in [0.3, 0.4) is 0 Å². The van der Waals surface area contributed by atoms with Crippen molar-refractivity contribution >= 4 is 27.3 Å². The molecule has 4 rings (SSSR count). The monoisotopic (exact) mass is 466 g/mol. The van der Waals surface area contributed by atoms with Gasteiger partial charge in [0.05, 0.1) is 16.8 Å². The van der Waals surface area contributed by atoms with Crippen molar-refractivity contribution in [2.24, 2.45) is 0 Å². The molecule has 32 heavy (non-hydrogen) atoms. The zero-order chi connectivity index (χ0) is 22.6. The molecule has 0 saturated carbocycles. The van der Waals surface area contributed by atoms with E-state index in [2.05, 4.69) is 9.82 Å². The van der Waals surface area contributed by atoms with Gasteiger partial charge in [-0.15, -0.1) is 11.3 Å². The minimum absolute atomic E-state index is 0.123. The minimum atomic E-state index is -3.65. The number of para-hydroxylation sites is 1. The van der Waals surface area contributed by atoms with E-state index in [0.29, 0.717) is 12.1 Å². The molecule has 9 heteroatoms. The Morgan fingerprint density at radius 1 is 1.06 bits per heavy atom. The number of nitrogens with one attached hydrogen (secondary N) is 1. The van der Waals surface area contributed by atoms with Gasteiger partial charge < -0.3 is 4.90 Å². The number of rotatable bonds is 8. The SMILES string of the molecule is CN(Cc1cnn(-c2ccccc2)c1)C(=O)c1ccc(S(=O)(=O)NCc2cccs2)cc1. The summed E-state index contributed by atoms with van der Waals surface area (Å²) < 4.78 is 29.3. The van der Waals surface area contributed by atoms with Crippen molar-refractivity contribution in [3.05, 3.63) is 101 Å². The number of sulfonamides is 1. The van der Waals surface area contributed by atoms with Crippen LogP contribution in [0, 0.1) is 0 Å². The first-order valence-electron chi connectivity index (χ1n) is 9.89. The summed E-state index contributed by atoms with van der Waals surface area (Å²) in [6.45, 7) is 0.619. The Hall–Kier alpha value is -3.27. The van der Waals surface area contributed by atoms with Crippen LogP contribution < -0.4 is 4.72 Å². The molecule has 0 unspecified atom stereocenters. The van der Waals surface area contributed by atoms with E-state index in [1.807, 2.05) is 54.0 Å². The van der Waals surface area contributed by atoms with Crippen molar-refractivity contribution in [1.82, 2.24) is 19.4 Å². The van der Waals surface area contributed by atoms with Crippen molar-refractivity contribution in [2.45, 2.75) is 18.0 Å². The Bertz CT molecular complexity index is 1280. The van der Waals surface area contributed by atoms with Crippen molar-refractivity contribution in [2.75, 3.05) is 7.05 Å². The third kappa shape index (κ3) is 5.13. The molecule has 0 spiro atoms. The molecule has 0 aliphatic rings. The molecule has 2 heterocycles. The molecule has 4 aromatic rings. The summed E-state index contributed by atoms with van der Waals surface area (Å²) in [6, 6.07) is 19.4. The number of carbonyl (C=O) groups excluding carboxylic acids is 1. The summed E-state index contributed by atoms with van der Waals surface area (Å²) in [5, 5.41) is 6.25. The fraction of sp³-hybridized carbons (Fsp3) is 0.130. The van der Waals surface area contributed by atoms with Crippen molar-refractivity contribution in [3.8, 4) is 5.69 Å². The number of thiophene rings is 1. The van der Waals surface area contributed by atoms with Crippen LogP contribution in [0.1, 0.15) is 20.8 Å². The minimum Gasteiger partial charge on any atom is -0.337 e. The lowest BCUT2D eigenvalue weighted by molar-refractivity contribution is 0.0785. The lowest BCUT2D eigenvalue weighted by Gasteiger charge is -2.16. The molecule has 0 saturated heterocycles. The van der Waals surface area contributed by atoms with Gasteiger partial charge in [-0.2, -0.15) is 5.10 Å². The van der Waals surface area contributed by atoms with Gasteiger partial charge >= 0.3 is 0 Å². The van der Waals surface area contributed by atoms with Gasteiger partial charge in [0.25, 0.3) is 5.91 Å². The molecule has 0 fully saturated rings. The predicted molar refractivity (Wildman–Crippen MR) is 124 cm³/mol. The van der Waals surface area contributed by atoms with Crippen molar-refractivity contribution < 1.29 is 13.2 Å². The van der Waals surface area contributed by atoms with Crippen LogP contribution in [-0.4, -0.2) is 36.1 Å². The molecule has 0 aliphatic heterocycles. The van der Waals surface area contributed by atoms with E-state index in [4.69, 9.17) is 0 Å². The maximum absolute atomic E-state index is 12.8. The molecular weight excluding hydrogens is 444 g/mol. The van der Waals surface area contributed by atoms with Gasteiger partial charge in [0.1, 0.15) is 0 Å².